The predicted molar refractivity (Wildman–Crippen MR) is 126 cm³/mol. The van der Waals surface area contributed by atoms with Crippen LogP contribution in [0.15, 0.2) is 28.7 Å². The second kappa shape index (κ2) is 7.40. The normalized spacial score (nSPS) is 36.4. The number of hydrogen-bond acceptors (Lipinski definition) is 8. The highest BCUT2D eigenvalue weighted by molar-refractivity contribution is 6.06. The molecule has 0 amide bonds. The molecule has 3 saturated heterocycles. The van der Waals surface area contributed by atoms with Gasteiger partial charge in [-0.05, 0) is 69.0 Å². The maximum Gasteiger partial charge on any atom is 0.231 e. The van der Waals surface area contributed by atoms with Crippen LogP contribution in [0.1, 0.15) is 47.2 Å². The number of piperazine rings is 1. The van der Waals surface area contributed by atoms with E-state index in [2.05, 4.69) is 42.7 Å². The topological polar surface area (TPSA) is 106 Å². The maximum absolute atomic E-state index is 13.7. The average Bonchev–Trinajstić information content (AvgIpc) is 3.32. The minimum Gasteiger partial charge on any atom is -0.453 e. The summed E-state index contributed by atoms with van der Waals surface area (Å²) in [7, 11) is 2.04. The van der Waals surface area contributed by atoms with E-state index in [9.17, 15) is 15.2 Å². The van der Waals surface area contributed by atoms with Crippen LogP contribution in [0.5, 0.6) is 0 Å². The van der Waals surface area contributed by atoms with Gasteiger partial charge in [0.05, 0.1) is 24.8 Å². The maximum atomic E-state index is 13.7. The number of benzene rings is 1. The van der Waals surface area contributed by atoms with Crippen molar-refractivity contribution in [3.05, 3.63) is 56.5 Å². The molecule has 6 atom stereocenters. The number of piperidine rings is 1. The first-order valence-electron chi connectivity index (χ1n) is 12.6. The molecule has 2 bridgehead atoms. The van der Waals surface area contributed by atoms with Gasteiger partial charge >= 0.3 is 0 Å². The lowest BCUT2D eigenvalue weighted by Gasteiger charge is -2.62. The van der Waals surface area contributed by atoms with Gasteiger partial charge in [-0.15, -0.1) is 0 Å². The molecule has 1 aromatic rings. The molecule has 8 heteroatoms. The summed E-state index contributed by atoms with van der Waals surface area (Å²) >= 11 is 0. The Morgan fingerprint density at radius 2 is 1.97 bits per heavy atom. The first-order valence-corrected chi connectivity index (χ1v) is 12.2. The van der Waals surface area contributed by atoms with Crippen molar-refractivity contribution in [1.29, 1.82) is 6.69 Å². The summed E-state index contributed by atoms with van der Waals surface area (Å²) in [6.45, 7) is 7.87. The van der Waals surface area contributed by atoms with Crippen molar-refractivity contribution in [1.82, 2.24) is 9.80 Å². The van der Waals surface area contributed by atoms with Crippen molar-refractivity contribution in [3.63, 3.8) is 0 Å². The van der Waals surface area contributed by atoms with Crippen LogP contribution in [-0.4, -0.2) is 77.4 Å². The highest BCUT2D eigenvalue weighted by Crippen LogP contribution is 2.54. The van der Waals surface area contributed by atoms with Crippen molar-refractivity contribution in [3.8, 4) is 6.07 Å². The molecule has 6 rings (SSSR count). The van der Waals surface area contributed by atoms with Gasteiger partial charge in [0, 0.05) is 29.7 Å². The van der Waals surface area contributed by atoms with E-state index in [-0.39, 0.29) is 37.9 Å². The zero-order chi connectivity index (χ0) is 25.7. The Balaban J connectivity index is 1.61. The van der Waals surface area contributed by atoms with Gasteiger partial charge in [0.1, 0.15) is 6.04 Å². The fraction of sp³-hybridized carbons (Fsp3) is 0.556. The zero-order valence-corrected chi connectivity index (χ0v) is 20.7. The molecular formula is C27H31N3O5. The molecule has 0 spiro atoms. The van der Waals surface area contributed by atoms with Crippen LogP contribution in [0.3, 0.4) is 0 Å². The van der Waals surface area contributed by atoms with Crippen LogP contribution in [0, 0.1) is 32.1 Å². The quantitative estimate of drug-likeness (QED) is 0.660. The third kappa shape index (κ3) is 2.67. The number of ether oxygens (including phenoxy) is 2. The van der Waals surface area contributed by atoms with E-state index in [1.807, 2.05) is 7.05 Å². The van der Waals surface area contributed by atoms with Crippen LogP contribution in [-0.2, 0) is 20.7 Å². The molecule has 184 valence electrons. The van der Waals surface area contributed by atoms with Crippen molar-refractivity contribution >= 4 is 5.78 Å². The highest BCUT2D eigenvalue weighted by atomic mass is 16.7. The van der Waals surface area contributed by atoms with Gasteiger partial charge in [0.25, 0.3) is 0 Å². The van der Waals surface area contributed by atoms with Gasteiger partial charge in [0.2, 0.25) is 8.22 Å². The summed E-state index contributed by atoms with van der Waals surface area (Å²) in [4.78, 5) is 18.1. The molecule has 4 heterocycles. The minimum absolute atomic E-state index is 0.0480. The Kier molecular flexibility index (Phi) is 4.56. The number of aliphatic hydroxyl groups excluding tert-OH is 1. The molecule has 0 saturated carbocycles. The van der Waals surface area contributed by atoms with E-state index in [0.29, 0.717) is 22.7 Å². The van der Waals surface area contributed by atoms with Gasteiger partial charge in [0.15, 0.2) is 22.9 Å². The first kappa shape index (κ1) is 21.6. The van der Waals surface area contributed by atoms with Gasteiger partial charge in [-0.1, -0.05) is 6.07 Å². The summed E-state index contributed by atoms with van der Waals surface area (Å²) in [5.74, 6) is 0.268. The highest BCUT2D eigenvalue weighted by Gasteiger charge is 2.64. The van der Waals surface area contributed by atoms with Gasteiger partial charge in [-0.2, -0.15) is 5.26 Å². The lowest BCUT2D eigenvalue weighted by atomic mass is 9.64. The number of rotatable bonds is 2. The van der Waals surface area contributed by atoms with E-state index in [4.69, 9.17) is 16.0 Å². The number of aryl methyl sites for hydroxylation is 1. The van der Waals surface area contributed by atoms with Crippen LogP contribution in [0.2, 0.25) is 0 Å². The standard InChI is InChI=1S/C27H31N3O5/c1-12-6-16-7-17-19(9-28)30-18(23(29(17)5)21(16)14(3)13(12)2)8-27(33)22(20(30)10-31)25-24(34-11-35-25)15(4)26(27)32/h6,17-20,23,31,33H,7-8,10-11H2,1-5H3/t17-,18?,19-,20-,23-,27?/m0/s1/i31T. The molecule has 1 aliphatic carbocycles. The third-order valence-electron chi connectivity index (χ3n) is 9.26. The molecule has 3 fully saturated rings. The fourth-order valence-electron chi connectivity index (χ4n) is 7.44. The number of nitrogens with zero attached hydrogens (tertiary/aromatic N) is 3. The number of carbonyl (C=O) groups excluding carboxylic acids is 1. The molecule has 2 N–H and O–H groups in total. The summed E-state index contributed by atoms with van der Waals surface area (Å²) in [6, 6.07) is 2.97. The lowest BCUT2D eigenvalue weighted by Crippen LogP contribution is -2.74. The fourth-order valence-corrected chi connectivity index (χ4v) is 7.44. The second-order valence-electron chi connectivity index (χ2n) is 10.7. The lowest BCUT2D eigenvalue weighted by molar-refractivity contribution is -0.150. The van der Waals surface area contributed by atoms with E-state index >= 15 is 0 Å². The van der Waals surface area contributed by atoms with E-state index in [1.54, 1.807) is 6.92 Å². The number of fused-ring (bicyclic) bond motifs is 8. The van der Waals surface area contributed by atoms with Crippen molar-refractivity contribution in [2.45, 2.75) is 76.3 Å². The molecule has 2 unspecified atom stereocenters. The molecule has 0 aromatic heterocycles. The van der Waals surface area contributed by atoms with E-state index < -0.39 is 23.5 Å². The van der Waals surface area contributed by atoms with Crippen LogP contribution in [0.25, 0.3) is 0 Å². The smallest absolute Gasteiger partial charge is 0.231 e. The Morgan fingerprint density at radius 3 is 2.69 bits per heavy atom. The van der Waals surface area contributed by atoms with Gasteiger partial charge in [-0.25, -0.2) is 0 Å². The monoisotopic (exact) mass is 479 g/mol. The number of likely N-dealkylation sites (N-methyl/N-ethyl adjacent to an activating group) is 1. The number of hydrogen-bond donors (Lipinski definition) is 2. The summed E-state index contributed by atoms with van der Waals surface area (Å²) in [6.07, 6.45) is 0.831. The van der Waals surface area contributed by atoms with Crippen LogP contribution in [0.4, 0.5) is 0 Å². The molecule has 1 aromatic carbocycles. The van der Waals surface area contributed by atoms with Gasteiger partial charge in [-0.3, -0.25) is 14.6 Å². The number of carbonyl (C=O) groups is 1. The largest absolute Gasteiger partial charge is 0.453 e. The molecule has 8 nitrogen and oxygen atoms in total. The van der Waals surface area contributed by atoms with Crippen molar-refractivity contribution in [2.75, 3.05) is 20.4 Å². The predicted octanol–water partition coefficient (Wildman–Crippen LogP) is 1.70. The Morgan fingerprint density at radius 1 is 1.23 bits per heavy atom. The molecular weight excluding hydrogens is 446 g/mol. The van der Waals surface area contributed by atoms with Crippen LogP contribution >= 0.6 is 0 Å². The molecule has 0 radical (unpaired) electrons. The summed E-state index contributed by atoms with van der Waals surface area (Å²) in [5, 5.41) is 27.5. The van der Waals surface area contributed by atoms with Gasteiger partial charge < -0.3 is 19.7 Å². The molecule has 5 aliphatic rings. The van der Waals surface area contributed by atoms with Crippen LogP contribution < -0.4 is 0 Å². The Bertz CT molecular complexity index is 1300. The van der Waals surface area contributed by atoms with Crippen molar-refractivity contribution in [2.24, 2.45) is 0 Å². The number of nitriles is 1. The third-order valence-corrected chi connectivity index (χ3v) is 9.26. The minimum atomic E-state index is -1.83. The van der Waals surface area contributed by atoms with E-state index in [0.717, 1.165) is 6.42 Å². The summed E-state index contributed by atoms with van der Waals surface area (Å²) < 4.78 is 19.0. The number of aliphatic hydroxyl groups is 2. The van der Waals surface area contributed by atoms with Crippen molar-refractivity contribution < 1.29 is 24.5 Å². The molecule has 35 heavy (non-hydrogen) atoms. The summed E-state index contributed by atoms with van der Waals surface area (Å²) in [5.41, 5.74) is 4.96. The SMILES string of the molecule is [3H]OC[C@H]1C2=C3OCOC3=C(C)C(=O)C2(O)CC2[C@H]3c4c(cc(C)c(C)c4C)C[C@@H]([C@H](C#N)N21)N3C. The second-order valence-corrected chi connectivity index (χ2v) is 10.7. The molecule has 4 aliphatic heterocycles. The average molecular weight is 480 g/mol. The number of Topliss-reactive ketones (excluding diaryl/α,β-unsaturated/α-hetero) is 1. The number of ketones is 1. The zero-order valence-electron chi connectivity index (χ0n) is 21.7. The Hall–Kier alpha value is -2.70. The van der Waals surface area contributed by atoms with E-state index in [1.165, 1.54) is 27.8 Å². The Labute approximate surface area is 206 Å². The first-order chi connectivity index (χ1) is 17.2.